The van der Waals surface area contributed by atoms with E-state index in [1.807, 2.05) is 24.3 Å². The van der Waals surface area contributed by atoms with Crippen LogP contribution in [0.1, 0.15) is 6.04 Å². The summed E-state index contributed by atoms with van der Waals surface area (Å²) in [6.07, 6.45) is 1.64. The van der Waals surface area contributed by atoms with Gasteiger partial charge in [-0.15, -0.1) is 0 Å². The molecule has 0 atom stereocenters. The summed E-state index contributed by atoms with van der Waals surface area (Å²) in [7, 11) is 0. The van der Waals surface area contributed by atoms with Gasteiger partial charge in [-0.05, 0) is 12.1 Å². The number of rotatable bonds is 3. The first-order valence-electron chi connectivity index (χ1n) is 4.50. The predicted molar refractivity (Wildman–Crippen MR) is 52.9 cm³/mol. The lowest BCUT2D eigenvalue weighted by Gasteiger charge is -2.13. The third kappa shape index (κ3) is 1.38. The van der Waals surface area contributed by atoms with Crippen molar-refractivity contribution in [2.24, 2.45) is 0 Å². The molecule has 2 rings (SSSR count). The third-order valence-corrected chi connectivity index (χ3v) is 2.30. The molecule has 4 heteroatoms. The number of aliphatic hydroxyl groups excluding tert-OH is 2. The van der Waals surface area contributed by atoms with Crippen LogP contribution in [0.4, 0.5) is 0 Å². The van der Waals surface area contributed by atoms with Crippen LogP contribution >= 0.6 is 0 Å². The fourth-order valence-electron chi connectivity index (χ4n) is 1.50. The Hall–Kier alpha value is -1.39. The summed E-state index contributed by atoms with van der Waals surface area (Å²) >= 11 is 0. The summed E-state index contributed by atoms with van der Waals surface area (Å²) in [5.74, 6) is 0. The molecule has 0 fully saturated rings. The van der Waals surface area contributed by atoms with Crippen molar-refractivity contribution in [1.29, 1.82) is 0 Å². The van der Waals surface area contributed by atoms with Crippen LogP contribution in [-0.2, 0) is 0 Å². The Morgan fingerprint density at radius 3 is 2.64 bits per heavy atom. The van der Waals surface area contributed by atoms with Crippen molar-refractivity contribution in [3.05, 3.63) is 30.6 Å². The lowest BCUT2D eigenvalue weighted by atomic mass is 10.3. The monoisotopic (exact) mass is 192 g/mol. The molecule has 14 heavy (non-hydrogen) atoms. The van der Waals surface area contributed by atoms with E-state index in [1.165, 1.54) is 0 Å². The first kappa shape index (κ1) is 9.18. The van der Waals surface area contributed by atoms with Crippen molar-refractivity contribution < 1.29 is 10.2 Å². The molecule has 2 aromatic rings. The molecule has 0 bridgehead atoms. The maximum atomic E-state index is 9.05. The van der Waals surface area contributed by atoms with Crippen LogP contribution in [0.2, 0.25) is 0 Å². The molecule has 0 spiro atoms. The van der Waals surface area contributed by atoms with E-state index in [1.54, 1.807) is 10.9 Å². The van der Waals surface area contributed by atoms with E-state index in [0.29, 0.717) is 0 Å². The topological polar surface area (TPSA) is 58.3 Å². The Morgan fingerprint density at radius 1 is 1.21 bits per heavy atom. The van der Waals surface area contributed by atoms with E-state index in [9.17, 15) is 0 Å². The zero-order chi connectivity index (χ0) is 9.97. The van der Waals surface area contributed by atoms with Crippen LogP contribution in [0, 0.1) is 0 Å². The molecule has 1 aromatic carbocycles. The Bertz CT molecular complexity index is 421. The van der Waals surface area contributed by atoms with Gasteiger partial charge in [-0.1, -0.05) is 12.1 Å². The van der Waals surface area contributed by atoms with Crippen LogP contribution in [0.3, 0.4) is 0 Å². The first-order valence-corrected chi connectivity index (χ1v) is 4.50. The molecule has 0 aliphatic heterocycles. The number of benzene rings is 1. The Labute approximate surface area is 81.4 Å². The highest BCUT2D eigenvalue weighted by Gasteiger charge is 2.10. The van der Waals surface area contributed by atoms with E-state index < -0.39 is 0 Å². The summed E-state index contributed by atoms with van der Waals surface area (Å²) in [4.78, 5) is 4.18. The second-order valence-electron chi connectivity index (χ2n) is 3.16. The number of aliphatic hydroxyl groups is 2. The number of fused-ring (bicyclic) bond motifs is 1. The highest BCUT2D eigenvalue weighted by Crippen LogP contribution is 2.16. The van der Waals surface area contributed by atoms with E-state index >= 15 is 0 Å². The molecular weight excluding hydrogens is 180 g/mol. The number of imidazole rings is 1. The van der Waals surface area contributed by atoms with Gasteiger partial charge in [0.15, 0.2) is 0 Å². The second kappa shape index (κ2) is 3.77. The minimum Gasteiger partial charge on any atom is -0.394 e. The van der Waals surface area contributed by atoms with E-state index in [2.05, 4.69) is 4.98 Å². The molecule has 0 amide bonds. The van der Waals surface area contributed by atoms with E-state index in [4.69, 9.17) is 10.2 Å². The molecule has 2 N–H and O–H groups in total. The van der Waals surface area contributed by atoms with Crippen LogP contribution in [-0.4, -0.2) is 33.0 Å². The summed E-state index contributed by atoms with van der Waals surface area (Å²) in [5, 5.41) is 18.1. The summed E-state index contributed by atoms with van der Waals surface area (Å²) in [6, 6.07) is 7.33. The molecule has 0 unspecified atom stereocenters. The van der Waals surface area contributed by atoms with Gasteiger partial charge in [0.05, 0.1) is 36.6 Å². The number of aromatic nitrogens is 2. The van der Waals surface area contributed by atoms with Crippen LogP contribution in [0.5, 0.6) is 0 Å². The van der Waals surface area contributed by atoms with Crippen molar-refractivity contribution in [1.82, 2.24) is 9.55 Å². The highest BCUT2D eigenvalue weighted by molar-refractivity contribution is 5.75. The van der Waals surface area contributed by atoms with Crippen molar-refractivity contribution in [3.63, 3.8) is 0 Å². The Morgan fingerprint density at radius 2 is 1.93 bits per heavy atom. The minimum absolute atomic E-state index is 0.0865. The molecule has 0 aliphatic rings. The van der Waals surface area contributed by atoms with Gasteiger partial charge in [-0.2, -0.15) is 0 Å². The zero-order valence-electron chi connectivity index (χ0n) is 7.67. The lowest BCUT2D eigenvalue weighted by molar-refractivity contribution is 0.157. The molecule has 74 valence electrons. The van der Waals surface area contributed by atoms with Crippen LogP contribution in [0.25, 0.3) is 11.0 Å². The van der Waals surface area contributed by atoms with Gasteiger partial charge in [0.1, 0.15) is 0 Å². The second-order valence-corrected chi connectivity index (χ2v) is 3.16. The fourth-order valence-corrected chi connectivity index (χ4v) is 1.50. The molecule has 0 aliphatic carbocycles. The quantitative estimate of drug-likeness (QED) is 0.747. The Kier molecular flexibility index (Phi) is 2.47. The first-order chi connectivity index (χ1) is 6.86. The molecule has 1 heterocycles. The fraction of sp³-hybridized carbons (Fsp3) is 0.300. The molecule has 0 saturated heterocycles. The van der Waals surface area contributed by atoms with Gasteiger partial charge in [-0.3, -0.25) is 0 Å². The maximum Gasteiger partial charge on any atom is 0.0962 e. The summed E-state index contributed by atoms with van der Waals surface area (Å²) in [5.41, 5.74) is 1.81. The van der Waals surface area contributed by atoms with Gasteiger partial charge in [0.2, 0.25) is 0 Å². The van der Waals surface area contributed by atoms with Crippen molar-refractivity contribution in [3.8, 4) is 0 Å². The molecular formula is C10H12N2O2. The lowest BCUT2D eigenvalue weighted by Crippen LogP contribution is -2.16. The van der Waals surface area contributed by atoms with Gasteiger partial charge in [-0.25, -0.2) is 4.98 Å². The average molecular weight is 192 g/mol. The van der Waals surface area contributed by atoms with Crippen molar-refractivity contribution >= 4 is 11.0 Å². The standard InChI is InChI=1S/C10H12N2O2/c13-5-8(6-14)12-7-11-9-3-1-2-4-10(9)12/h1-4,7-8,13-14H,5-6H2. The van der Waals surface area contributed by atoms with Crippen molar-refractivity contribution in [2.75, 3.05) is 13.2 Å². The van der Waals surface area contributed by atoms with Gasteiger partial charge >= 0.3 is 0 Å². The normalized spacial score (nSPS) is 11.4. The number of nitrogens with zero attached hydrogens (tertiary/aromatic N) is 2. The van der Waals surface area contributed by atoms with Gasteiger partial charge in [0, 0.05) is 0 Å². The number of hydrogen-bond donors (Lipinski definition) is 2. The third-order valence-electron chi connectivity index (χ3n) is 2.30. The molecule has 0 radical (unpaired) electrons. The van der Waals surface area contributed by atoms with E-state index in [-0.39, 0.29) is 19.3 Å². The molecule has 1 aromatic heterocycles. The number of para-hydroxylation sites is 2. The maximum absolute atomic E-state index is 9.05. The molecule has 4 nitrogen and oxygen atoms in total. The van der Waals surface area contributed by atoms with Crippen LogP contribution in [0.15, 0.2) is 30.6 Å². The summed E-state index contributed by atoms with van der Waals surface area (Å²) in [6.45, 7) is -0.173. The average Bonchev–Trinajstić information content (AvgIpc) is 2.65. The van der Waals surface area contributed by atoms with Gasteiger partial charge in [0.25, 0.3) is 0 Å². The zero-order valence-corrected chi connectivity index (χ0v) is 7.67. The van der Waals surface area contributed by atoms with Crippen LogP contribution < -0.4 is 0 Å². The smallest absolute Gasteiger partial charge is 0.0962 e. The number of hydrogen-bond acceptors (Lipinski definition) is 3. The van der Waals surface area contributed by atoms with E-state index in [0.717, 1.165) is 11.0 Å². The highest BCUT2D eigenvalue weighted by atomic mass is 16.3. The Balaban J connectivity index is 2.51. The van der Waals surface area contributed by atoms with Crippen molar-refractivity contribution in [2.45, 2.75) is 6.04 Å². The largest absolute Gasteiger partial charge is 0.394 e. The minimum atomic E-state index is -0.303. The predicted octanol–water partition coefficient (Wildman–Crippen LogP) is 0.562. The summed E-state index contributed by atoms with van der Waals surface area (Å²) < 4.78 is 1.79. The SMILES string of the molecule is OCC(CO)n1cnc2ccccc21. The molecule has 0 saturated carbocycles. The van der Waals surface area contributed by atoms with Gasteiger partial charge < -0.3 is 14.8 Å².